The lowest BCUT2D eigenvalue weighted by molar-refractivity contribution is 0.0727. The van der Waals surface area contributed by atoms with Gasteiger partial charge in [0.25, 0.3) is 5.91 Å². The van der Waals surface area contributed by atoms with E-state index in [1.54, 1.807) is 12.4 Å². The van der Waals surface area contributed by atoms with Crippen LogP contribution in [0.3, 0.4) is 0 Å². The van der Waals surface area contributed by atoms with Gasteiger partial charge in [-0.15, -0.1) is 0 Å². The van der Waals surface area contributed by atoms with Gasteiger partial charge in [0.05, 0.1) is 30.9 Å². The van der Waals surface area contributed by atoms with Gasteiger partial charge >= 0.3 is 0 Å². The lowest BCUT2D eigenvalue weighted by Gasteiger charge is -2.32. The molecule has 0 unspecified atom stereocenters. The van der Waals surface area contributed by atoms with E-state index < -0.39 is 0 Å². The molecule has 0 aliphatic carbocycles. The Balaban J connectivity index is 1.38. The Kier molecular flexibility index (Phi) is 4.73. The highest BCUT2D eigenvalue weighted by Crippen LogP contribution is 2.28. The molecule has 0 radical (unpaired) electrons. The van der Waals surface area contributed by atoms with E-state index in [0.29, 0.717) is 38.6 Å². The quantitative estimate of drug-likeness (QED) is 0.685. The van der Waals surface area contributed by atoms with Crippen LogP contribution in [0.15, 0.2) is 53.2 Å². The number of pyridine rings is 1. The van der Waals surface area contributed by atoms with Crippen molar-refractivity contribution in [1.82, 2.24) is 14.9 Å². The number of ether oxygens (including phenoxy) is 1. The van der Waals surface area contributed by atoms with Crippen molar-refractivity contribution in [2.75, 3.05) is 37.7 Å². The van der Waals surface area contributed by atoms with Crippen LogP contribution in [0, 0.1) is 0 Å². The third-order valence-electron chi connectivity index (χ3n) is 5.41. The number of nitrogens with zero attached hydrogens (tertiary/aromatic N) is 4. The number of carbonyl (C=O) groups excluding carboxylic acids is 1. The number of rotatable bonds is 3. The summed E-state index contributed by atoms with van der Waals surface area (Å²) >= 11 is 0. The molecule has 5 rings (SSSR count). The van der Waals surface area contributed by atoms with Crippen molar-refractivity contribution in [3.63, 3.8) is 0 Å². The SMILES string of the molecule is O=C(c1ccccc1N1CCOCC1)N1CCc2oc(-c3cccnc3)nc2C1. The van der Waals surface area contributed by atoms with E-state index >= 15 is 0 Å². The Morgan fingerprint density at radius 3 is 2.72 bits per heavy atom. The van der Waals surface area contributed by atoms with E-state index in [1.807, 2.05) is 41.3 Å². The summed E-state index contributed by atoms with van der Waals surface area (Å²) < 4.78 is 11.4. The molecule has 148 valence electrons. The van der Waals surface area contributed by atoms with Gasteiger partial charge in [-0.05, 0) is 24.3 Å². The second kappa shape index (κ2) is 7.67. The summed E-state index contributed by atoms with van der Waals surface area (Å²) in [5.41, 5.74) is 3.38. The smallest absolute Gasteiger partial charge is 0.256 e. The Morgan fingerprint density at radius 2 is 1.90 bits per heavy atom. The highest BCUT2D eigenvalue weighted by molar-refractivity contribution is 6.00. The van der Waals surface area contributed by atoms with Crippen LogP contribution in [-0.2, 0) is 17.7 Å². The molecule has 2 aliphatic rings. The molecule has 29 heavy (non-hydrogen) atoms. The monoisotopic (exact) mass is 390 g/mol. The number of benzene rings is 1. The van der Waals surface area contributed by atoms with Crippen LogP contribution in [0.1, 0.15) is 21.8 Å². The van der Waals surface area contributed by atoms with Crippen molar-refractivity contribution >= 4 is 11.6 Å². The number of oxazole rings is 1. The van der Waals surface area contributed by atoms with Gasteiger partial charge in [0.15, 0.2) is 0 Å². The van der Waals surface area contributed by atoms with E-state index in [1.165, 1.54) is 0 Å². The van der Waals surface area contributed by atoms with Gasteiger partial charge in [-0.1, -0.05) is 12.1 Å². The molecule has 2 aliphatic heterocycles. The number of hydrogen-bond acceptors (Lipinski definition) is 6. The number of anilines is 1. The molecule has 1 fully saturated rings. The average Bonchev–Trinajstić information content (AvgIpc) is 3.23. The van der Waals surface area contributed by atoms with Crippen molar-refractivity contribution in [3.8, 4) is 11.5 Å². The summed E-state index contributed by atoms with van der Waals surface area (Å²) in [5.74, 6) is 1.45. The molecule has 7 nitrogen and oxygen atoms in total. The minimum Gasteiger partial charge on any atom is -0.441 e. The molecule has 0 saturated carbocycles. The van der Waals surface area contributed by atoms with Crippen LogP contribution in [0.2, 0.25) is 0 Å². The summed E-state index contributed by atoms with van der Waals surface area (Å²) in [6.07, 6.45) is 4.12. The maximum Gasteiger partial charge on any atom is 0.256 e. The van der Waals surface area contributed by atoms with Gasteiger partial charge in [0.2, 0.25) is 5.89 Å². The van der Waals surface area contributed by atoms with E-state index in [4.69, 9.17) is 9.15 Å². The zero-order chi connectivity index (χ0) is 19.6. The highest BCUT2D eigenvalue weighted by atomic mass is 16.5. The Morgan fingerprint density at radius 1 is 1.03 bits per heavy atom. The first-order valence-corrected chi connectivity index (χ1v) is 9.89. The van der Waals surface area contributed by atoms with Gasteiger partial charge in [-0.25, -0.2) is 4.98 Å². The first-order valence-electron chi connectivity index (χ1n) is 9.89. The zero-order valence-corrected chi connectivity index (χ0v) is 16.1. The molecule has 2 aromatic heterocycles. The number of amides is 1. The number of para-hydroxylation sites is 1. The summed E-state index contributed by atoms with van der Waals surface area (Å²) in [4.78, 5) is 26.2. The average molecular weight is 390 g/mol. The predicted molar refractivity (Wildman–Crippen MR) is 108 cm³/mol. The van der Waals surface area contributed by atoms with E-state index in [-0.39, 0.29) is 5.91 Å². The molecular weight excluding hydrogens is 368 g/mol. The van der Waals surface area contributed by atoms with Crippen molar-refractivity contribution in [1.29, 1.82) is 0 Å². The molecule has 1 amide bonds. The molecule has 1 saturated heterocycles. The van der Waals surface area contributed by atoms with Gasteiger partial charge in [-0.3, -0.25) is 9.78 Å². The van der Waals surface area contributed by atoms with Crippen molar-refractivity contribution in [2.45, 2.75) is 13.0 Å². The third kappa shape index (κ3) is 3.49. The largest absolute Gasteiger partial charge is 0.441 e. The number of morpholine rings is 1. The Bertz CT molecular complexity index is 1010. The summed E-state index contributed by atoms with van der Waals surface area (Å²) in [7, 11) is 0. The van der Waals surface area contributed by atoms with Crippen molar-refractivity contribution in [2.24, 2.45) is 0 Å². The Hall–Kier alpha value is -3.19. The molecular formula is C22H22N4O3. The van der Waals surface area contributed by atoms with E-state index in [9.17, 15) is 4.79 Å². The fourth-order valence-electron chi connectivity index (χ4n) is 3.89. The summed E-state index contributed by atoms with van der Waals surface area (Å²) in [6, 6.07) is 11.6. The molecule has 1 aromatic carbocycles. The maximum atomic E-state index is 13.3. The van der Waals surface area contributed by atoms with Crippen LogP contribution < -0.4 is 4.90 Å². The van der Waals surface area contributed by atoms with E-state index in [2.05, 4.69) is 14.9 Å². The summed E-state index contributed by atoms with van der Waals surface area (Å²) in [5, 5.41) is 0. The first-order chi connectivity index (χ1) is 14.3. The second-order valence-corrected chi connectivity index (χ2v) is 7.22. The zero-order valence-electron chi connectivity index (χ0n) is 16.1. The van der Waals surface area contributed by atoms with Crippen LogP contribution in [-0.4, -0.2) is 53.6 Å². The van der Waals surface area contributed by atoms with Gasteiger partial charge < -0.3 is 19.0 Å². The molecule has 0 atom stereocenters. The molecule has 4 heterocycles. The second-order valence-electron chi connectivity index (χ2n) is 7.22. The fraction of sp³-hybridized carbons (Fsp3) is 0.318. The lowest BCUT2D eigenvalue weighted by Crippen LogP contribution is -2.39. The van der Waals surface area contributed by atoms with Crippen molar-refractivity contribution < 1.29 is 13.9 Å². The normalized spacial score (nSPS) is 16.6. The van der Waals surface area contributed by atoms with Gasteiger partial charge in [0.1, 0.15) is 11.5 Å². The van der Waals surface area contributed by atoms with Crippen LogP contribution >= 0.6 is 0 Å². The minimum absolute atomic E-state index is 0.0312. The maximum absolute atomic E-state index is 13.3. The predicted octanol–water partition coefficient (Wildman–Crippen LogP) is 2.77. The minimum atomic E-state index is 0.0312. The molecule has 0 N–H and O–H groups in total. The molecule has 0 spiro atoms. The first kappa shape index (κ1) is 17.9. The van der Waals surface area contributed by atoms with Gasteiger partial charge in [0, 0.05) is 44.1 Å². The van der Waals surface area contributed by atoms with Crippen LogP contribution in [0.25, 0.3) is 11.5 Å². The van der Waals surface area contributed by atoms with Crippen LogP contribution in [0.5, 0.6) is 0 Å². The van der Waals surface area contributed by atoms with Gasteiger partial charge in [-0.2, -0.15) is 0 Å². The number of aromatic nitrogens is 2. The van der Waals surface area contributed by atoms with Crippen LogP contribution in [0.4, 0.5) is 5.69 Å². The van der Waals surface area contributed by atoms with E-state index in [0.717, 1.165) is 41.4 Å². The fourth-order valence-corrected chi connectivity index (χ4v) is 3.89. The molecule has 7 heteroatoms. The highest BCUT2D eigenvalue weighted by Gasteiger charge is 2.28. The number of fused-ring (bicyclic) bond motifs is 1. The lowest BCUT2D eigenvalue weighted by atomic mass is 10.1. The molecule has 0 bridgehead atoms. The number of carbonyl (C=O) groups is 1. The topological polar surface area (TPSA) is 71.7 Å². The van der Waals surface area contributed by atoms with Crippen molar-refractivity contribution in [3.05, 3.63) is 65.8 Å². The molecule has 3 aromatic rings. The summed E-state index contributed by atoms with van der Waals surface area (Å²) in [6.45, 7) is 4.04. The third-order valence-corrected chi connectivity index (χ3v) is 5.41. The number of hydrogen-bond donors (Lipinski definition) is 0. The standard InChI is InChI=1S/C22H22N4O3/c27-22(17-5-1-2-6-19(17)25-10-12-28-13-11-25)26-9-7-20-18(15-26)24-21(29-20)16-4-3-8-23-14-16/h1-6,8,14H,7,9-13,15H2. The Labute approximate surface area is 168 Å².